The van der Waals surface area contributed by atoms with E-state index in [4.69, 9.17) is 11.6 Å². The largest absolute Gasteiger partial charge is 0.353 e. The summed E-state index contributed by atoms with van der Waals surface area (Å²) in [5, 5.41) is 2.30. The van der Waals surface area contributed by atoms with Crippen LogP contribution in [0, 0.1) is 0 Å². The minimum Gasteiger partial charge on any atom is -0.353 e. The lowest BCUT2D eigenvalue weighted by Gasteiger charge is -2.35. The molecule has 0 spiro atoms. The van der Waals surface area contributed by atoms with Gasteiger partial charge in [-0.2, -0.15) is 0 Å². The average molecular weight is 463 g/mol. The zero-order chi connectivity index (χ0) is 21.1. The van der Waals surface area contributed by atoms with Crippen LogP contribution in [0.5, 0.6) is 0 Å². The first-order chi connectivity index (χ1) is 14.4. The molecule has 0 aliphatic carbocycles. The van der Waals surface area contributed by atoms with Crippen LogP contribution >= 0.6 is 22.9 Å². The molecule has 1 aliphatic heterocycles. The molecule has 4 rings (SSSR count). The van der Waals surface area contributed by atoms with Gasteiger partial charge in [-0.15, -0.1) is 11.3 Å². The second kappa shape index (κ2) is 8.63. The summed E-state index contributed by atoms with van der Waals surface area (Å²) >= 11 is 7.03. The van der Waals surface area contributed by atoms with Crippen molar-refractivity contribution in [2.24, 2.45) is 0 Å². The predicted molar refractivity (Wildman–Crippen MR) is 119 cm³/mol. The van der Waals surface area contributed by atoms with Gasteiger partial charge in [0.1, 0.15) is 10.0 Å². The zero-order valence-corrected chi connectivity index (χ0v) is 18.3. The standard InChI is InChI=1S/C20H19ClN4O3S2/c21-16-5-8-18(22-14-16)24-9-11-25(12-10-24)20(26)15-3-6-17(7-4-15)23-30(27,28)19-2-1-13-29-19/h1-8,13-14,23H,9-12H2. The summed E-state index contributed by atoms with van der Waals surface area (Å²) in [5.41, 5.74) is 0.936. The first kappa shape index (κ1) is 20.6. The van der Waals surface area contributed by atoms with Gasteiger partial charge in [-0.25, -0.2) is 13.4 Å². The van der Waals surface area contributed by atoms with Gasteiger partial charge < -0.3 is 9.80 Å². The number of carbonyl (C=O) groups is 1. The topological polar surface area (TPSA) is 82.6 Å². The van der Waals surface area contributed by atoms with E-state index < -0.39 is 10.0 Å². The number of amides is 1. The minimum absolute atomic E-state index is 0.0774. The molecule has 30 heavy (non-hydrogen) atoms. The molecule has 1 aliphatic rings. The summed E-state index contributed by atoms with van der Waals surface area (Å²) in [4.78, 5) is 21.0. The summed E-state index contributed by atoms with van der Waals surface area (Å²) in [6, 6.07) is 13.4. The van der Waals surface area contributed by atoms with Gasteiger partial charge in [0, 0.05) is 43.6 Å². The zero-order valence-electron chi connectivity index (χ0n) is 15.9. The van der Waals surface area contributed by atoms with Crippen LogP contribution < -0.4 is 9.62 Å². The second-order valence-electron chi connectivity index (χ2n) is 6.73. The highest BCUT2D eigenvalue weighted by atomic mass is 35.5. The Morgan fingerprint density at radius 2 is 1.77 bits per heavy atom. The van der Waals surface area contributed by atoms with Crippen molar-refractivity contribution in [3.05, 3.63) is 70.7 Å². The molecule has 0 unspecified atom stereocenters. The van der Waals surface area contributed by atoms with Crippen molar-refractivity contribution in [3.63, 3.8) is 0 Å². The molecule has 0 atom stereocenters. The number of sulfonamides is 1. The van der Waals surface area contributed by atoms with E-state index in [1.165, 1.54) is 0 Å². The number of thiophene rings is 1. The second-order valence-corrected chi connectivity index (χ2v) is 10.0. The lowest BCUT2D eigenvalue weighted by molar-refractivity contribution is 0.0746. The number of piperazine rings is 1. The van der Waals surface area contributed by atoms with Gasteiger partial charge in [0.15, 0.2) is 0 Å². The van der Waals surface area contributed by atoms with E-state index in [9.17, 15) is 13.2 Å². The van der Waals surface area contributed by atoms with E-state index in [1.807, 2.05) is 6.07 Å². The molecule has 1 N–H and O–H groups in total. The SMILES string of the molecule is O=C(c1ccc(NS(=O)(=O)c2cccs2)cc1)N1CCN(c2ccc(Cl)cn2)CC1. The summed E-state index contributed by atoms with van der Waals surface area (Å²) in [5.74, 6) is 0.764. The van der Waals surface area contributed by atoms with Gasteiger partial charge in [-0.3, -0.25) is 9.52 Å². The highest BCUT2D eigenvalue weighted by Crippen LogP contribution is 2.21. The van der Waals surface area contributed by atoms with E-state index >= 15 is 0 Å². The van der Waals surface area contributed by atoms with Gasteiger partial charge in [0.2, 0.25) is 0 Å². The van der Waals surface area contributed by atoms with Crippen molar-refractivity contribution in [2.45, 2.75) is 4.21 Å². The highest BCUT2D eigenvalue weighted by molar-refractivity contribution is 7.94. The van der Waals surface area contributed by atoms with E-state index in [0.29, 0.717) is 42.5 Å². The Morgan fingerprint density at radius 3 is 2.37 bits per heavy atom. The molecule has 1 fully saturated rings. The third-order valence-corrected chi connectivity index (χ3v) is 7.75. The molecule has 1 saturated heterocycles. The quantitative estimate of drug-likeness (QED) is 0.626. The van der Waals surface area contributed by atoms with E-state index in [-0.39, 0.29) is 10.1 Å². The minimum atomic E-state index is -3.61. The van der Waals surface area contributed by atoms with Crippen LogP contribution in [0.15, 0.2) is 64.3 Å². The molecular formula is C20H19ClN4O3S2. The van der Waals surface area contributed by atoms with Crippen molar-refractivity contribution in [2.75, 3.05) is 35.8 Å². The molecule has 1 aromatic carbocycles. The molecule has 3 heterocycles. The fraction of sp³-hybridized carbons (Fsp3) is 0.200. The highest BCUT2D eigenvalue weighted by Gasteiger charge is 2.23. The van der Waals surface area contributed by atoms with Crippen molar-refractivity contribution < 1.29 is 13.2 Å². The smallest absolute Gasteiger partial charge is 0.271 e. The molecule has 10 heteroatoms. The molecule has 2 aromatic heterocycles. The Labute approximate surface area is 184 Å². The van der Waals surface area contributed by atoms with Gasteiger partial charge in [0.25, 0.3) is 15.9 Å². The first-order valence-electron chi connectivity index (χ1n) is 9.24. The lowest BCUT2D eigenvalue weighted by atomic mass is 10.1. The summed E-state index contributed by atoms with van der Waals surface area (Å²) in [6.07, 6.45) is 1.61. The molecule has 3 aromatic rings. The summed E-state index contributed by atoms with van der Waals surface area (Å²) < 4.78 is 27.4. The maximum absolute atomic E-state index is 12.8. The van der Waals surface area contributed by atoms with E-state index in [0.717, 1.165) is 17.2 Å². The fourth-order valence-electron chi connectivity index (χ4n) is 3.18. The van der Waals surface area contributed by atoms with Crippen molar-refractivity contribution in [1.82, 2.24) is 9.88 Å². The average Bonchev–Trinajstić information content (AvgIpc) is 3.30. The van der Waals surface area contributed by atoms with E-state index in [1.54, 1.807) is 58.9 Å². The number of anilines is 2. The number of aromatic nitrogens is 1. The molecule has 156 valence electrons. The number of halogens is 1. The molecule has 0 saturated carbocycles. The Hall–Kier alpha value is -2.62. The number of hydrogen-bond donors (Lipinski definition) is 1. The van der Waals surface area contributed by atoms with Gasteiger partial charge in [-0.05, 0) is 47.8 Å². The van der Waals surface area contributed by atoms with Crippen LogP contribution in [-0.2, 0) is 10.0 Å². The fourth-order valence-corrected chi connectivity index (χ4v) is 5.34. The third kappa shape index (κ3) is 4.58. The van der Waals surface area contributed by atoms with Crippen LogP contribution in [0.3, 0.4) is 0 Å². The Balaban J connectivity index is 1.37. The predicted octanol–water partition coefficient (Wildman–Crippen LogP) is 3.56. The van der Waals surface area contributed by atoms with Crippen LogP contribution in [0.25, 0.3) is 0 Å². The normalized spacial score (nSPS) is 14.6. The van der Waals surface area contributed by atoms with Gasteiger partial charge >= 0.3 is 0 Å². The molecule has 1 amide bonds. The Kier molecular flexibility index (Phi) is 5.94. The first-order valence-corrected chi connectivity index (χ1v) is 12.0. The summed E-state index contributed by atoms with van der Waals surface area (Å²) in [7, 11) is -3.61. The van der Waals surface area contributed by atoms with Crippen LogP contribution in [0.2, 0.25) is 5.02 Å². The summed E-state index contributed by atoms with van der Waals surface area (Å²) in [6.45, 7) is 2.52. The molecule has 0 radical (unpaired) electrons. The number of hydrogen-bond acceptors (Lipinski definition) is 6. The van der Waals surface area contributed by atoms with Crippen LogP contribution in [0.4, 0.5) is 11.5 Å². The van der Waals surface area contributed by atoms with Crippen molar-refractivity contribution >= 4 is 50.4 Å². The van der Waals surface area contributed by atoms with Crippen LogP contribution in [-0.4, -0.2) is 50.4 Å². The third-order valence-electron chi connectivity index (χ3n) is 4.75. The van der Waals surface area contributed by atoms with Crippen molar-refractivity contribution in [1.29, 1.82) is 0 Å². The number of benzene rings is 1. The van der Waals surface area contributed by atoms with Gasteiger partial charge in [0.05, 0.1) is 5.02 Å². The Bertz CT molecular complexity index is 1110. The maximum Gasteiger partial charge on any atom is 0.271 e. The Morgan fingerprint density at radius 1 is 1.03 bits per heavy atom. The number of nitrogens with one attached hydrogen (secondary N) is 1. The molecular weight excluding hydrogens is 444 g/mol. The molecule has 0 bridgehead atoms. The molecule has 7 nitrogen and oxygen atoms in total. The van der Waals surface area contributed by atoms with Crippen LogP contribution in [0.1, 0.15) is 10.4 Å². The van der Waals surface area contributed by atoms with Gasteiger partial charge in [-0.1, -0.05) is 17.7 Å². The number of nitrogens with zero attached hydrogens (tertiary/aromatic N) is 3. The number of pyridine rings is 1. The number of rotatable bonds is 5. The maximum atomic E-state index is 12.8. The lowest BCUT2D eigenvalue weighted by Crippen LogP contribution is -2.49. The van der Waals surface area contributed by atoms with Crippen molar-refractivity contribution in [3.8, 4) is 0 Å². The number of carbonyl (C=O) groups excluding carboxylic acids is 1. The monoisotopic (exact) mass is 462 g/mol. The van der Waals surface area contributed by atoms with E-state index in [2.05, 4.69) is 14.6 Å².